The van der Waals surface area contributed by atoms with Crippen LogP contribution in [0.1, 0.15) is 41.6 Å². The highest BCUT2D eigenvalue weighted by Gasteiger charge is 2.28. The molecule has 3 rings (SSSR count). The van der Waals surface area contributed by atoms with E-state index in [1.807, 2.05) is 12.1 Å². The van der Waals surface area contributed by atoms with E-state index in [0.29, 0.717) is 26.1 Å². The molecule has 1 aromatic carbocycles. The van der Waals surface area contributed by atoms with Crippen molar-refractivity contribution in [3.8, 4) is 0 Å². The standard InChI is InChI=1S/C20H24ClN3O3S/c21-18-8-7-17(20(25)23-11-9-16-6-5-10-22-15-16)14-19(18)28(26,27)24-12-3-1-2-4-13-24/h5-8,10,14-15H,1-4,9,11-13H2,(H,23,25). The molecule has 0 unspecified atom stereocenters. The van der Waals surface area contributed by atoms with Gasteiger partial charge in [0.15, 0.2) is 0 Å². The molecule has 0 bridgehead atoms. The Balaban J connectivity index is 1.72. The number of hydrogen-bond acceptors (Lipinski definition) is 4. The Bertz CT molecular complexity index is 912. The highest BCUT2D eigenvalue weighted by molar-refractivity contribution is 7.89. The van der Waals surface area contributed by atoms with Gasteiger partial charge in [-0.3, -0.25) is 9.78 Å². The van der Waals surface area contributed by atoms with E-state index >= 15 is 0 Å². The normalized spacial score (nSPS) is 15.8. The van der Waals surface area contributed by atoms with Crippen LogP contribution in [0.2, 0.25) is 5.02 Å². The van der Waals surface area contributed by atoms with E-state index in [9.17, 15) is 13.2 Å². The van der Waals surface area contributed by atoms with Crippen molar-refractivity contribution in [3.63, 3.8) is 0 Å². The van der Waals surface area contributed by atoms with E-state index in [2.05, 4.69) is 10.3 Å². The van der Waals surface area contributed by atoms with Crippen molar-refractivity contribution in [1.82, 2.24) is 14.6 Å². The Morgan fingerprint density at radius 1 is 1.14 bits per heavy atom. The summed E-state index contributed by atoms with van der Waals surface area (Å²) in [5.74, 6) is -0.326. The molecule has 1 aliphatic heterocycles. The van der Waals surface area contributed by atoms with Crippen LogP contribution < -0.4 is 5.32 Å². The molecule has 0 saturated carbocycles. The third-order valence-electron chi connectivity index (χ3n) is 4.80. The minimum absolute atomic E-state index is 0.00373. The molecule has 28 heavy (non-hydrogen) atoms. The van der Waals surface area contributed by atoms with Gasteiger partial charge in [-0.25, -0.2) is 8.42 Å². The molecule has 0 atom stereocenters. The minimum atomic E-state index is -3.72. The zero-order valence-corrected chi connectivity index (χ0v) is 17.2. The second-order valence-electron chi connectivity index (χ2n) is 6.83. The molecule has 0 spiro atoms. The summed E-state index contributed by atoms with van der Waals surface area (Å²) < 4.78 is 27.6. The lowest BCUT2D eigenvalue weighted by Gasteiger charge is -2.21. The van der Waals surface area contributed by atoms with Gasteiger partial charge in [0.1, 0.15) is 4.90 Å². The predicted octanol–water partition coefficient (Wildman–Crippen LogP) is 3.27. The molecule has 1 saturated heterocycles. The van der Waals surface area contributed by atoms with Crippen molar-refractivity contribution in [2.24, 2.45) is 0 Å². The molecule has 2 heterocycles. The van der Waals surface area contributed by atoms with Crippen molar-refractivity contribution in [2.75, 3.05) is 19.6 Å². The van der Waals surface area contributed by atoms with Crippen LogP contribution in [0.4, 0.5) is 0 Å². The molecule has 6 nitrogen and oxygen atoms in total. The van der Waals surface area contributed by atoms with E-state index < -0.39 is 10.0 Å². The summed E-state index contributed by atoms with van der Waals surface area (Å²) in [5, 5.41) is 2.95. The molecule has 8 heteroatoms. The van der Waals surface area contributed by atoms with Gasteiger partial charge in [0.2, 0.25) is 10.0 Å². The first-order chi connectivity index (χ1) is 13.5. The summed E-state index contributed by atoms with van der Waals surface area (Å²) >= 11 is 6.19. The highest BCUT2D eigenvalue weighted by atomic mass is 35.5. The summed E-state index contributed by atoms with van der Waals surface area (Å²) in [5.41, 5.74) is 1.30. The average Bonchev–Trinajstić information content (AvgIpc) is 2.99. The molecule has 0 aliphatic carbocycles. The van der Waals surface area contributed by atoms with Gasteiger partial charge < -0.3 is 5.32 Å². The van der Waals surface area contributed by atoms with E-state index in [-0.39, 0.29) is 21.4 Å². The van der Waals surface area contributed by atoms with Gasteiger partial charge in [0, 0.05) is 37.6 Å². The fourth-order valence-corrected chi connectivity index (χ4v) is 5.25. The number of hydrogen-bond donors (Lipinski definition) is 1. The summed E-state index contributed by atoms with van der Waals surface area (Å²) in [4.78, 5) is 16.5. The molecule has 150 valence electrons. The number of aromatic nitrogens is 1. The zero-order valence-electron chi connectivity index (χ0n) is 15.6. The van der Waals surface area contributed by atoms with Crippen molar-refractivity contribution in [2.45, 2.75) is 37.0 Å². The average molecular weight is 422 g/mol. The first kappa shape index (κ1) is 20.8. The van der Waals surface area contributed by atoms with Crippen LogP contribution in [0.3, 0.4) is 0 Å². The Kier molecular flexibility index (Phi) is 7.04. The summed E-state index contributed by atoms with van der Waals surface area (Å²) in [6.07, 6.45) is 7.82. The van der Waals surface area contributed by atoms with E-state index in [1.165, 1.54) is 16.4 Å². The summed E-state index contributed by atoms with van der Waals surface area (Å²) in [7, 11) is -3.72. The van der Waals surface area contributed by atoms with Gasteiger partial charge in [0.25, 0.3) is 5.91 Å². The second-order valence-corrected chi connectivity index (χ2v) is 9.14. The molecule has 1 amide bonds. The molecular formula is C20H24ClN3O3S. The molecule has 1 aliphatic rings. The van der Waals surface area contributed by atoms with Crippen LogP contribution in [-0.2, 0) is 16.4 Å². The number of carbonyl (C=O) groups excluding carboxylic acids is 1. The van der Waals surface area contributed by atoms with Crippen molar-refractivity contribution >= 4 is 27.5 Å². The third-order valence-corrected chi connectivity index (χ3v) is 7.18. The fraction of sp³-hybridized carbons (Fsp3) is 0.400. The summed E-state index contributed by atoms with van der Waals surface area (Å²) in [6.45, 7) is 1.40. The number of halogens is 1. The maximum absolute atomic E-state index is 13.0. The predicted molar refractivity (Wildman–Crippen MR) is 109 cm³/mol. The molecule has 1 N–H and O–H groups in total. The number of carbonyl (C=O) groups is 1. The number of nitrogens with one attached hydrogen (secondary N) is 1. The Morgan fingerprint density at radius 3 is 2.57 bits per heavy atom. The molecule has 2 aromatic rings. The van der Waals surface area contributed by atoms with Gasteiger partial charge in [-0.1, -0.05) is 30.5 Å². The SMILES string of the molecule is O=C(NCCc1cccnc1)c1ccc(Cl)c(S(=O)(=O)N2CCCCCC2)c1. The quantitative estimate of drug-likeness (QED) is 0.776. The lowest BCUT2D eigenvalue weighted by Crippen LogP contribution is -2.32. The summed E-state index contributed by atoms with van der Waals surface area (Å²) in [6, 6.07) is 8.18. The van der Waals surface area contributed by atoms with Gasteiger partial charge >= 0.3 is 0 Å². The van der Waals surface area contributed by atoms with Crippen LogP contribution in [0, 0.1) is 0 Å². The first-order valence-electron chi connectivity index (χ1n) is 9.45. The van der Waals surface area contributed by atoms with Crippen LogP contribution >= 0.6 is 11.6 Å². The number of pyridine rings is 1. The lowest BCUT2D eigenvalue weighted by molar-refractivity contribution is 0.0954. The Hall–Kier alpha value is -1.96. The number of nitrogens with zero attached hydrogens (tertiary/aromatic N) is 2. The molecule has 1 fully saturated rings. The van der Waals surface area contributed by atoms with E-state index in [4.69, 9.17) is 11.6 Å². The van der Waals surface area contributed by atoms with E-state index in [1.54, 1.807) is 18.5 Å². The largest absolute Gasteiger partial charge is 0.352 e. The second kappa shape index (κ2) is 9.49. The molecular weight excluding hydrogens is 398 g/mol. The Labute approximate surface area is 171 Å². The number of sulfonamides is 1. The van der Waals surface area contributed by atoms with Gasteiger partial charge in [0.05, 0.1) is 5.02 Å². The van der Waals surface area contributed by atoms with Crippen molar-refractivity contribution in [3.05, 3.63) is 58.9 Å². The monoisotopic (exact) mass is 421 g/mol. The van der Waals surface area contributed by atoms with Crippen LogP contribution in [-0.4, -0.2) is 43.2 Å². The Morgan fingerprint density at radius 2 is 1.89 bits per heavy atom. The van der Waals surface area contributed by atoms with E-state index in [0.717, 1.165) is 31.2 Å². The number of benzene rings is 1. The maximum atomic E-state index is 13.0. The van der Waals surface area contributed by atoms with Crippen LogP contribution in [0.25, 0.3) is 0 Å². The number of rotatable bonds is 6. The first-order valence-corrected chi connectivity index (χ1v) is 11.3. The fourth-order valence-electron chi connectivity index (χ4n) is 3.23. The maximum Gasteiger partial charge on any atom is 0.251 e. The topological polar surface area (TPSA) is 79.4 Å². The van der Waals surface area contributed by atoms with Gasteiger partial charge in [-0.05, 0) is 49.1 Å². The highest BCUT2D eigenvalue weighted by Crippen LogP contribution is 2.27. The molecule has 0 radical (unpaired) electrons. The molecule has 1 aromatic heterocycles. The van der Waals surface area contributed by atoms with Crippen molar-refractivity contribution in [1.29, 1.82) is 0 Å². The zero-order chi connectivity index (χ0) is 20.0. The third kappa shape index (κ3) is 5.10. The van der Waals surface area contributed by atoms with Crippen molar-refractivity contribution < 1.29 is 13.2 Å². The lowest BCUT2D eigenvalue weighted by atomic mass is 10.2. The van der Waals surface area contributed by atoms with Crippen LogP contribution in [0.5, 0.6) is 0 Å². The smallest absolute Gasteiger partial charge is 0.251 e. The number of amides is 1. The van der Waals surface area contributed by atoms with Gasteiger partial charge in [-0.15, -0.1) is 0 Å². The minimum Gasteiger partial charge on any atom is -0.352 e. The van der Waals surface area contributed by atoms with Gasteiger partial charge in [-0.2, -0.15) is 4.31 Å². The van der Waals surface area contributed by atoms with Crippen LogP contribution in [0.15, 0.2) is 47.6 Å².